The van der Waals surface area contributed by atoms with Gasteiger partial charge in [0.2, 0.25) is 0 Å². The molecule has 0 aliphatic carbocycles. The van der Waals surface area contributed by atoms with Crippen molar-refractivity contribution in [3.05, 3.63) is 24.3 Å². The van der Waals surface area contributed by atoms with E-state index < -0.39 is 0 Å². The minimum absolute atomic E-state index is 0.0499. The Labute approximate surface area is 145 Å². The fraction of sp³-hybridized carbons (Fsp3) is 0.632. The zero-order valence-electron chi connectivity index (χ0n) is 15.2. The standard InChI is InChI=1S/C19H31N3O2/c1-4-5-12-21(3)18-8-6-17(7-9-18)20-19(24)22-13-10-16(11-14-22)15(2)23/h6-9,15-16,23H,4-5,10-14H2,1-3H3,(H,20,24). The fourth-order valence-electron chi connectivity index (χ4n) is 3.11. The van der Waals surface area contributed by atoms with Crippen molar-refractivity contribution >= 4 is 17.4 Å². The lowest BCUT2D eigenvalue weighted by molar-refractivity contribution is 0.0820. The topological polar surface area (TPSA) is 55.8 Å². The van der Waals surface area contributed by atoms with E-state index in [1.54, 1.807) is 0 Å². The molecule has 1 aliphatic rings. The first-order valence-electron chi connectivity index (χ1n) is 9.06. The third kappa shape index (κ3) is 5.13. The Morgan fingerprint density at radius 2 is 1.96 bits per heavy atom. The lowest BCUT2D eigenvalue weighted by Crippen LogP contribution is -2.42. The first kappa shape index (κ1) is 18.6. The second-order valence-electron chi connectivity index (χ2n) is 6.82. The molecule has 1 unspecified atom stereocenters. The number of aliphatic hydroxyl groups excluding tert-OH is 1. The number of likely N-dealkylation sites (tertiary alicyclic amines) is 1. The van der Waals surface area contributed by atoms with Gasteiger partial charge in [0.15, 0.2) is 0 Å². The summed E-state index contributed by atoms with van der Waals surface area (Å²) in [7, 11) is 2.09. The molecule has 1 aromatic rings. The molecular formula is C19H31N3O2. The summed E-state index contributed by atoms with van der Waals surface area (Å²) in [6.45, 7) is 6.48. The SMILES string of the molecule is CCCCN(C)c1ccc(NC(=O)N2CCC(C(C)O)CC2)cc1. The van der Waals surface area contributed by atoms with Gasteiger partial charge in [-0.15, -0.1) is 0 Å². The molecule has 0 aromatic heterocycles. The van der Waals surface area contributed by atoms with Crippen LogP contribution in [0, 0.1) is 5.92 Å². The molecule has 1 atom stereocenters. The molecule has 5 nitrogen and oxygen atoms in total. The Morgan fingerprint density at radius 1 is 1.33 bits per heavy atom. The molecule has 134 valence electrons. The monoisotopic (exact) mass is 333 g/mol. The van der Waals surface area contributed by atoms with Crippen molar-refractivity contribution < 1.29 is 9.90 Å². The molecular weight excluding hydrogens is 302 g/mol. The Kier molecular flexibility index (Phi) is 6.91. The Balaban J connectivity index is 1.84. The molecule has 0 spiro atoms. The molecule has 0 radical (unpaired) electrons. The lowest BCUT2D eigenvalue weighted by Gasteiger charge is -2.33. The number of hydrogen-bond acceptors (Lipinski definition) is 3. The van der Waals surface area contributed by atoms with E-state index >= 15 is 0 Å². The van der Waals surface area contributed by atoms with Crippen LogP contribution >= 0.6 is 0 Å². The van der Waals surface area contributed by atoms with Gasteiger partial charge < -0.3 is 20.2 Å². The molecule has 5 heteroatoms. The molecule has 1 fully saturated rings. The van der Waals surface area contributed by atoms with Crippen LogP contribution in [-0.4, -0.2) is 48.8 Å². The van der Waals surface area contributed by atoms with E-state index in [0.717, 1.165) is 25.1 Å². The molecule has 1 saturated heterocycles. The predicted octanol–water partition coefficient (Wildman–Crippen LogP) is 3.55. The highest BCUT2D eigenvalue weighted by Crippen LogP contribution is 2.22. The van der Waals surface area contributed by atoms with Crippen molar-refractivity contribution in [2.75, 3.05) is 36.9 Å². The maximum Gasteiger partial charge on any atom is 0.321 e. The number of urea groups is 1. The molecule has 2 rings (SSSR count). The van der Waals surface area contributed by atoms with E-state index in [-0.39, 0.29) is 12.1 Å². The highest BCUT2D eigenvalue weighted by Gasteiger charge is 2.25. The minimum Gasteiger partial charge on any atom is -0.393 e. The highest BCUT2D eigenvalue weighted by molar-refractivity contribution is 5.89. The van der Waals surface area contributed by atoms with E-state index in [9.17, 15) is 9.90 Å². The summed E-state index contributed by atoms with van der Waals surface area (Å²) in [5.41, 5.74) is 1.99. The largest absolute Gasteiger partial charge is 0.393 e. The van der Waals surface area contributed by atoms with Crippen LogP contribution in [0.1, 0.15) is 39.5 Å². The molecule has 2 amide bonds. The van der Waals surface area contributed by atoms with E-state index in [0.29, 0.717) is 19.0 Å². The average molecular weight is 333 g/mol. The Morgan fingerprint density at radius 3 is 2.50 bits per heavy atom. The van der Waals surface area contributed by atoms with Crippen molar-refractivity contribution in [1.82, 2.24) is 4.90 Å². The number of nitrogens with zero attached hydrogens (tertiary/aromatic N) is 2. The first-order chi connectivity index (χ1) is 11.5. The molecule has 0 bridgehead atoms. The number of carbonyl (C=O) groups excluding carboxylic acids is 1. The van der Waals surface area contributed by atoms with Gasteiger partial charge >= 0.3 is 6.03 Å². The van der Waals surface area contributed by atoms with Crippen LogP contribution in [-0.2, 0) is 0 Å². The molecule has 2 N–H and O–H groups in total. The van der Waals surface area contributed by atoms with Gasteiger partial charge in [0, 0.05) is 38.1 Å². The number of unbranched alkanes of at least 4 members (excludes halogenated alkanes) is 1. The van der Waals surface area contributed by atoms with Gasteiger partial charge in [-0.1, -0.05) is 13.3 Å². The Hall–Kier alpha value is -1.75. The van der Waals surface area contributed by atoms with E-state index in [4.69, 9.17) is 0 Å². The number of aliphatic hydroxyl groups is 1. The van der Waals surface area contributed by atoms with Gasteiger partial charge in [0.25, 0.3) is 0 Å². The molecule has 24 heavy (non-hydrogen) atoms. The maximum atomic E-state index is 12.3. The number of hydrogen-bond donors (Lipinski definition) is 2. The first-order valence-corrected chi connectivity index (χ1v) is 9.06. The Bertz CT molecular complexity index is 508. The van der Waals surface area contributed by atoms with Crippen LogP contribution in [0.5, 0.6) is 0 Å². The summed E-state index contributed by atoms with van der Waals surface area (Å²) < 4.78 is 0. The number of rotatable bonds is 6. The van der Waals surface area contributed by atoms with Crippen molar-refractivity contribution in [2.45, 2.75) is 45.6 Å². The van der Waals surface area contributed by atoms with Gasteiger partial charge in [-0.3, -0.25) is 0 Å². The number of amides is 2. The number of nitrogens with one attached hydrogen (secondary N) is 1. The van der Waals surface area contributed by atoms with Crippen LogP contribution in [0.3, 0.4) is 0 Å². The number of anilines is 2. The van der Waals surface area contributed by atoms with E-state index in [2.05, 4.69) is 24.2 Å². The zero-order chi connectivity index (χ0) is 17.5. The number of carbonyl (C=O) groups is 1. The summed E-state index contributed by atoms with van der Waals surface area (Å²) in [4.78, 5) is 16.4. The minimum atomic E-state index is -0.285. The second kappa shape index (κ2) is 8.92. The maximum absolute atomic E-state index is 12.3. The third-order valence-corrected chi connectivity index (χ3v) is 4.92. The van der Waals surface area contributed by atoms with Crippen molar-refractivity contribution in [2.24, 2.45) is 5.92 Å². The third-order valence-electron chi connectivity index (χ3n) is 4.92. The summed E-state index contributed by atoms with van der Waals surface area (Å²) in [6.07, 6.45) is 3.81. The van der Waals surface area contributed by atoms with Crippen molar-refractivity contribution in [1.29, 1.82) is 0 Å². The van der Waals surface area contributed by atoms with E-state index in [1.165, 1.54) is 18.5 Å². The van der Waals surface area contributed by atoms with Gasteiger partial charge in [0.05, 0.1) is 6.10 Å². The van der Waals surface area contributed by atoms with Crippen LogP contribution in [0.15, 0.2) is 24.3 Å². The van der Waals surface area contributed by atoms with Gasteiger partial charge in [0.1, 0.15) is 0 Å². The lowest BCUT2D eigenvalue weighted by atomic mass is 9.92. The van der Waals surface area contributed by atoms with Gasteiger partial charge in [-0.05, 0) is 56.4 Å². The van der Waals surface area contributed by atoms with Crippen LogP contribution in [0.2, 0.25) is 0 Å². The number of benzene rings is 1. The molecule has 1 heterocycles. The molecule has 0 saturated carbocycles. The van der Waals surface area contributed by atoms with Gasteiger partial charge in [-0.2, -0.15) is 0 Å². The number of piperidine rings is 1. The van der Waals surface area contributed by atoms with E-state index in [1.807, 2.05) is 36.1 Å². The molecule has 1 aromatic carbocycles. The summed E-state index contributed by atoms with van der Waals surface area (Å²) in [6, 6.07) is 7.96. The summed E-state index contributed by atoms with van der Waals surface area (Å²) in [5.74, 6) is 0.312. The van der Waals surface area contributed by atoms with Crippen LogP contribution in [0.25, 0.3) is 0 Å². The molecule has 1 aliphatic heterocycles. The smallest absolute Gasteiger partial charge is 0.321 e. The van der Waals surface area contributed by atoms with Crippen molar-refractivity contribution in [3.63, 3.8) is 0 Å². The van der Waals surface area contributed by atoms with Crippen LogP contribution in [0.4, 0.5) is 16.2 Å². The van der Waals surface area contributed by atoms with Crippen LogP contribution < -0.4 is 10.2 Å². The second-order valence-corrected chi connectivity index (χ2v) is 6.82. The average Bonchev–Trinajstić information content (AvgIpc) is 2.60. The summed E-state index contributed by atoms with van der Waals surface area (Å²) >= 11 is 0. The quantitative estimate of drug-likeness (QED) is 0.837. The normalized spacial score (nSPS) is 16.8. The highest BCUT2D eigenvalue weighted by atomic mass is 16.3. The zero-order valence-corrected chi connectivity index (χ0v) is 15.2. The predicted molar refractivity (Wildman–Crippen MR) is 99.6 cm³/mol. The summed E-state index contributed by atoms with van der Waals surface area (Å²) in [5, 5.41) is 12.6. The van der Waals surface area contributed by atoms with Gasteiger partial charge in [-0.25, -0.2) is 4.79 Å². The fourth-order valence-corrected chi connectivity index (χ4v) is 3.11. The van der Waals surface area contributed by atoms with Crippen molar-refractivity contribution in [3.8, 4) is 0 Å².